The highest BCUT2D eigenvalue weighted by Gasteiger charge is 2.29. The van der Waals surface area contributed by atoms with Crippen molar-refractivity contribution >= 4 is 35.1 Å². The van der Waals surface area contributed by atoms with Gasteiger partial charge in [0.1, 0.15) is 6.04 Å². The molecule has 1 fully saturated rings. The molecular weight excluding hydrogens is 289 g/mol. The maximum absolute atomic E-state index is 11.8. The number of hydrogen-bond donors (Lipinski definition) is 1. The van der Waals surface area contributed by atoms with Gasteiger partial charge in [0.25, 0.3) is 0 Å². The average Bonchev–Trinajstić information content (AvgIpc) is 2.74. The molecule has 1 rings (SSSR count). The molecule has 0 spiro atoms. The lowest BCUT2D eigenvalue weighted by molar-refractivity contribution is -0.141. The molecule has 1 heterocycles. The molecule has 1 amide bonds. The van der Waals surface area contributed by atoms with E-state index in [9.17, 15) is 9.59 Å². The Morgan fingerprint density at radius 1 is 1.53 bits per heavy atom. The molecule has 0 aliphatic carbocycles. The summed E-state index contributed by atoms with van der Waals surface area (Å²) in [6.07, 6.45) is 2.32. The van der Waals surface area contributed by atoms with Gasteiger partial charge in [0.05, 0.1) is 6.61 Å². The largest absolute Gasteiger partial charge is 0.464 e. The topological polar surface area (TPSA) is 55.4 Å². The first-order valence-corrected chi connectivity index (χ1v) is 7.57. The van der Waals surface area contributed by atoms with Crippen LogP contribution in [0.1, 0.15) is 39.5 Å². The van der Waals surface area contributed by atoms with Crippen molar-refractivity contribution in [3.8, 4) is 0 Å². The number of esters is 1. The van der Waals surface area contributed by atoms with Crippen LogP contribution in [0.2, 0.25) is 0 Å². The van der Waals surface area contributed by atoms with Gasteiger partial charge in [-0.1, -0.05) is 6.92 Å². The normalized spacial score (nSPS) is 23.6. The third-order valence-electron chi connectivity index (χ3n) is 3.42. The molecule has 19 heavy (non-hydrogen) atoms. The van der Waals surface area contributed by atoms with E-state index in [1.165, 1.54) is 0 Å². The van der Waals surface area contributed by atoms with Crippen LogP contribution < -0.4 is 5.32 Å². The quantitative estimate of drug-likeness (QED) is 0.580. The van der Waals surface area contributed by atoms with Gasteiger partial charge in [-0.25, -0.2) is 4.79 Å². The molecule has 1 saturated heterocycles. The van der Waals surface area contributed by atoms with E-state index in [1.54, 1.807) is 0 Å². The molecule has 1 aliphatic heterocycles. The number of carbonyl (C=O) groups is 2. The van der Waals surface area contributed by atoms with Crippen molar-refractivity contribution in [3.05, 3.63) is 0 Å². The van der Waals surface area contributed by atoms with E-state index in [-0.39, 0.29) is 28.5 Å². The Hall–Kier alpha value is -0.480. The summed E-state index contributed by atoms with van der Waals surface area (Å²) in [5.41, 5.74) is 0. The number of cyclic esters (lactones) is 1. The molecular formula is C13H21Cl2NO3. The SMILES string of the molecule is CCC(Cl)C(CCC(=O)NC1CCOC1=O)C(C)Cl. The highest BCUT2D eigenvalue weighted by atomic mass is 35.5. The Bertz CT molecular complexity index is 323. The molecule has 6 heteroatoms. The van der Waals surface area contributed by atoms with Crippen LogP contribution in [0.15, 0.2) is 0 Å². The summed E-state index contributed by atoms with van der Waals surface area (Å²) in [6.45, 7) is 4.27. The number of alkyl halides is 2. The van der Waals surface area contributed by atoms with E-state index >= 15 is 0 Å². The van der Waals surface area contributed by atoms with Crippen molar-refractivity contribution in [1.29, 1.82) is 0 Å². The lowest BCUT2D eigenvalue weighted by atomic mass is 9.94. The van der Waals surface area contributed by atoms with Crippen molar-refractivity contribution in [2.24, 2.45) is 5.92 Å². The van der Waals surface area contributed by atoms with Crippen LogP contribution in [0.4, 0.5) is 0 Å². The maximum Gasteiger partial charge on any atom is 0.328 e. The fraction of sp³-hybridized carbons (Fsp3) is 0.846. The minimum absolute atomic E-state index is 0.0308. The number of rotatable bonds is 7. The van der Waals surface area contributed by atoms with Gasteiger partial charge < -0.3 is 10.1 Å². The molecule has 4 atom stereocenters. The molecule has 1 aliphatic rings. The molecule has 4 nitrogen and oxygen atoms in total. The fourth-order valence-electron chi connectivity index (χ4n) is 2.19. The van der Waals surface area contributed by atoms with Crippen molar-refractivity contribution in [1.82, 2.24) is 5.32 Å². The fourth-order valence-corrected chi connectivity index (χ4v) is 2.91. The van der Waals surface area contributed by atoms with Gasteiger partial charge in [0.2, 0.25) is 5.91 Å². The average molecular weight is 310 g/mol. The Balaban J connectivity index is 2.37. The third-order valence-corrected chi connectivity index (χ3v) is 4.38. The minimum atomic E-state index is -0.489. The Labute approximate surface area is 124 Å². The van der Waals surface area contributed by atoms with Gasteiger partial charge >= 0.3 is 5.97 Å². The number of carbonyl (C=O) groups excluding carboxylic acids is 2. The molecule has 0 aromatic heterocycles. The van der Waals surface area contributed by atoms with Crippen LogP contribution in [0.3, 0.4) is 0 Å². The highest BCUT2D eigenvalue weighted by molar-refractivity contribution is 6.23. The van der Waals surface area contributed by atoms with Crippen molar-refractivity contribution < 1.29 is 14.3 Å². The zero-order valence-corrected chi connectivity index (χ0v) is 12.8. The first-order valence-electron chi connectivity index (χ1n) is 6.69. The number of ether oxygens (including phenoxy) is 1. The van der Waals surface area contributed by atoms with Gasteiger partial charge in [0, 0.05) is 23.6 Å². The van der Waals surface area contributed by atoms with Gasteiger partial charge in [-0.15, -0.1) is 23.2 Å². The summed E-state index contributed by atoms with van der Waals surface area (Å²) >= 11 is 12.3. The molecule has 1 N–H and O–H groups in total. The lowest BCUT2D eigenvalue weighted by Gasteiger charge is -2.23. The molecule has 0 radical (unpaired) electrons. The maximum atomic E-state index is 11.8. The van der Waals surface area contributed by atoms with Gasteiger partial charge in [0.15, 0.2) is 0 Å². The van der Waals surface area contributed by atoms with Gasteiger partial charge in [-0.05, 0) is 25.7 Å². The second-order valence-electron chi connectivity index (χ2n) is 4.88. The number of halogens is 2. The Morgan fingerprint density at radius 3 is 2.68 bits per heavy atom. The van der Waals surface area contributed by atoms with E-state index in [0.717, 1.165) is 6.42 Å². The van der Waals surface area contributed by atoms with Gasteiger partial charge in [-0.2, -0.15) is 0 Å². The Morgan fingerprint density at radius 2 is 2.21 bits per heavy atom. The molecule has 4 unspecified atom stereocenters. The predicted octanol–water partition coefficient (Wildman–Crippen LogP) is 2.46. The van der Waals surface area contributed by atoms with E-state index in [0.29, 0.717) is 25.9 Å². The molecule has 0 saturated carbocycles. The summed E-state index contributed by atoms with van der Waals surface area (Å²) in [7, 11) is 0. The smallest absolute Gasteiger partial charge is 0.328 e. The van der Waals surface area contributed by atoms with E-state index in [2.05, 4.69) is 5.32 Å². The summed E-state index contributed by atoms with van der Waals surface area (Å²) in [5, 5.41) is 2.57. The second-order valence-corrected chi connectivity index (χ2v) is 6.13. The number of hydrogen-bond acceptors (Lipinski definition) is 3. The number of amides is 1. The van der Waals surface area contributed by atoms with Crippen LogP contribution in [0, 0.1) is 5.92 Å². The molecule has 0 bridgehead atoms. The van der Waals surface area contributed by atoms with Crippen LogP contribution >= 0.6 is 23.2 Å². The van der Waals surface area contributed by atoms with Gasteiger partial charge in [-0.3, -0.25) is 4.79 Å². The third kappa shape index (κ3) is 5.19. The highest BCUT2D eigenvalue weighted by Crippen LogP contribution is 2.26. The standard InChI is InChI=1S/C13H21Cl2NO3/c1-3-10(15)9(8(2)14)4-5-12(17)16-11-6-7-19-13(11)18/h8-11H,3-7H2,1-2H3,(H,16,17). The predicted molar refractivity (Wildman–Crippen MR) is 75.5 cm³/mol. The molecule has 0 aromatic rings. The molecule has 110 valence electrons. The Kier molecular flexibility index (Phi) is 6.94. The summed E-state index contributed by atoms with van der Waals surface area (Å²) < 4.78 is 4.79. The number of nitrogens with one attached hydrogen (secondary N) is 1. The minimum Gasteiger partial charge on any atom is -0.464 e. The van der Waals surface area contributed by atoms with Crippen LogP contribution in [-0.4, -0.2) is 35.3 Å². The van der Waals surface area contributed by atoms with Crippen LogP contribution in [0.25, 0.3) is 0 Å². The zero-order chi connectivity index (χ0) is 14.4. The first-order chi connectivity index (χ1) is 8.95. The van der Waals surface area contributed by atoms with Crippen molar-refractivity contribution in [2.75, 3.05) is 6.61 Å². The summed E-state index contributed by atoms with van der Waals surface area (Å²) in [5.74, 6) is -0.403. The molecule has 0 aromatic carbocycles. The lowest BCUT2D eigenvalue weighted by Crippen LogP contribution is -2.38. The summed E-state index contributed by atoms with van der Waals surface area (Å²) in [6, 6.07) is -0.489. The summed E-state index contributed by atoms with van der Waals surface area (Å²) in [4.78, 5) is 23.0. The van der Waals surface area contributed by atoms with Crippen molar-refractivity contribution in [3.63, 3.8) is 0 Å². The van der Waals surface area contributed by atoms with Crippen LogP contribution in [0.5, 0.6) is 0 Å². The van der Waals surface area contributed by atoms with E-state index < -0.39 is 6.04 Å². The first kappa shape index (κ1) is 16.6. The van der Waals surface area contributed by atoms with E-state index in [4.69, 9.17) is 27.9 Å². The second kappa shape index (κ2) is 7.95. The van der Waals surface area contributed by atoms with Crippen LogP contribution in [-0.2, 0) is 14.3 Å². The van der Waals surface area contributed by atoms with E-state index in [1.807, 2.05) is 13.8 Å². The monoisotopic (exact) mass is 309 g/mol. The zero-order valence-electron chi connectivity index (χ0n) is 11.3. The van der Waals surface area contributed by atoms with Crippen molar-refractivity contribution in [2.45, 2.75) is 56.3 Å².